The fourth-order valence-corrected chi connectivity index (χ4v) is 5.37. The molecule has 38 heavy (non-hydrogen) atoms. The molecule has 11 heteroatoms. The number of benzene rings is 3. The molecule has 8 nitrogen and oxygen atoms in total. The molecule has 3 aromatic carbocycles. The van der Waals surface area contributed by atoms with Gasteiger partial charge in [0.25, 0.3) is 0 Å². The average Bonchev–Trinajstić information content (AvgIpc) is 2.90. The van der Waals surface area contributed by atoms with Gasteiger partial charge in [-0.2, -0.15) is 0 Å². The molecule has 0 aliphatic rings. The van der Waals surface area contributed by atoms with E-state index in [0.29, 0.717) is 15.6 Å². The van der Waals surface area contributed by atoms with Crippen molar-refractivity contribution in [1.29, 1.82) is 0 Å². The van der Waals surface area contributed by atoms with Crippen molar-refractivity contribution in [3.8, 4) is 5.75 Å². The minimum atomic E-state index is -3.93. The number of amides is 2. The van der Waals surface area contributed by atoms with Crippen molar-refractivity contribution < 1.29 is 22.7 Å². The number of para-hydroxylation sites is 2. The summed E-state index contributed by atoms with van der Waals surface area (Å²) in [7, 11) is -1.04. The Morgan fingerprint density at radius 1 is 0.947 bits per heavy atom. The van der Waals surface area contributed by atoms with Gasteiger partial charge in [-0.25, -0.2) is 8.42 Å². The molecule has 0 bridgehead atoms. The zero-order valence-electron chi connectivity index (χ0n) is 21.2. The summed E-state index contributed by atoms with van der Waals surface area (Å²) in [6.07, 6.45) is 1.18. The second-order valence-corrected chi connectivity index (χ2v) is 11.2. The highest BCUT2D eigenvalue weighted by Gasteiger charge is 2.34. The maximum atomic E-state index is 14.0. The van der Waals surface area contributed by atoms with Crippen LogP contribution in [0.2, 0.25) is 10.0 Å². The van der Waals surface area contributed by atoms with Crippen molar-refractivity contribution in [2.75, 3.05) is 31.3 Å². The molecule has 0 fully saturated rings. The number of methoxy groups -OCH3 is 1. The number of hydrogen-bond donors (Lipinski definition) is 1. The van der Waals surface area contributed by atoms with E-state index in [1.54, 1.807) is 42.5 Å². The van der Waals surface area contributed by atoms with Gasteiger partial charge in [-0.3, -0.25) is 13.9 Å². The summed E-state index contributed by atoms with van der Waals surface area (Å²) in [6, 6.07) is 19.6. The Labute approximate surface area is 233 Å². The van der Waals surface area contributed by atoms with Gasteiger partial charge in [-0.15, -0.1) is 0 Å². The van der Waals surface area contributed by atoms with E-state index in [2.05, 4.69) is 5.32 Å². The van der Waals surface area contributed by atoms with Gasteiger partial charge >= 0.3 is 0 Å². The Morgan fingerprint density at radius 2 is 1.55 bits per heavy atom. The lowest BCUT2D eigenvalue weighted by atomic mass is 10.0. The Balaban J connectivity index is 2.09. The second kappa shape index (κ2) is 13.0. The van der Waals surface area contributed by atoms with Crippen LogP contribution in [0.1, 0.15) is 11.1 Å². The minimum absolute atomic E-state index is 0.119. The van der Waals surface area contributed by atoms with Gasteiger partial charge < -0.3 is 15.0 Å². The average molecular weight is 579 g/mol. The SMILES string of the molecule is CNC(=O)C(Cc1ccccc1)N(Cc1c(Cl)cccc1Cl)C(=O)CN(c1ccccc1OC)S(C)(=O)=O. The molecular formula is C27H29Cl2N3O5S. The van der Waals surface area contributed by atoms with E-state index in [-0.39, 0.29) is 24.4 Å². The maximum Gasteiger partial charge on any atom is 0.244 e. The first-order valence-corrected chi connectivity index (χ1v) is 14.3. The molecule has 3 aromatic rings. The van der Waals surface area contributed by atoms with Crippen LogP contribution in [0.3, 0.4) is 0 Å². The van der Waals surface area contributed by atoms with Crippen LogP contribution in [-0.4, -0.2) is 58.1 Å². The standard InChI is InChI=1S/C27H29Cl2N3O5S/c1-30-27(34)24(16-19-10-5-4-6-11-19)31(17-20-21(28)12-9-13-22(20)29)26(33)18-32(38(3,35)36)23-14-7-8-15-25(23)37-2/h4-15,24H,16-18H2,1-3H3,(H,30,34). The molecule has 0 heterocycles. The lowest BCUT2D eigenvalue weighted by Gasteiger charge is -2.33. The van der Waals surface area contributed by atoms with Gasteiger partial charge in [0.15, 0.2) is 0 Å². The number of sulfonamides is 1. The normalized spacial score (nSPS) is 11.9. The van der Waals surface area contributed by atoms with Gasteiger partial charge in [0.05, 0.1) is 19.1 Å². The third-order valence-corrected chi connectivity index (χ3v) is 7.78. The molecule has 0 aliphatic carbocycles. The summed E-state index contributed by atoms with van der Waals surface area (Å²) >= 11 is 12.8. The van der Waals surface area contributed by atoms with Gasteiger partial charge in [0.1, 0.15) is 18.3 Å². The summed E-state index contributed by atoms with van der Waals surface area (Å²) < 4.78 is 32.0. The first kappa shape index (κ1) is 29.3. The van der Waals surface area contributed by atoms with Gasteiger partial charge in [0, 0.05) is 35.6 Å². The molecule has 0 saturated carbocycles. The molecule has 0 aliphatic heterocycles. The van der Waals surface area contributed by atoms with Crippen LogP contribution < -0.4 is 14.4 Å². The first-order valence-electron chi connectivity index (χ1n) is 11.7. The molecule has 0 saturated heterocycles. The number of carbonyl (C=O) groups is 2. The maximum absolute atomic E-state index is 14.0. The second-order valence-electron chi connectivity index (χ2n) is 8.48. The number of nitrogens with zero attached hydrogens (tertiary/aromatic N) is 2. The van der Waals surface area contributed by atoms with Crippen LogP contribution in [0.25, 0.3) is 0 Å². The first-order chi connectivity index (χ1) is 18.1. The summed E-state index contributed by atoms with van der Waals surface area (Å²) in [5.41, 5.74) is 1.45. The molecule has 1 N–H and O–H groups in total. The number of likely N-dealkylation sites (N-methyl/N-ethyl adjacent to an activating group) is 1. The summed E-state index contributed by atoms with van der Waals surface area (Å²) in [6.45, 7) is -0.699. The fourth-order valence-electron chi connectivity index (χ4n) is 4.00. The van der Waals surface area contributed by atoms with Crippen molar-refractivity contribution in [3.63, 3.8) is 0 Å². The molecule has 0 radical (unpaired) electrons. The lowest BCUT2D eigenvalue weighted by molar-refractivity contribution is -0.139. The number of halogens is 2. The van der Waals surface area contributed by atoms with Crippen molar-refractivity contribution in [3.05, 3.63) is 94.0 Å². The van der Waals surface area contributed by atoms with Gasteiger partial charge in [-0.1, -0.05) is 71.7 Å². The third kappa shape index (κ3) is 7.18. The number of carbonyl (C=O) groups excluding carboxylic acids is 2. The predicted octanol–water partition coefficient (Wildman–Crippen LogP) is 4.15. The molecule has 2 amide bonds. The smallest absolute Gasteiger partial charge is 0.244 e. The third-order valence-electron chi connectivity index (χ3n) is 5.94. The van der Waals surface area contributed by atoms with Crippen molar-refractivity contribution >= 4 is 50.7 Å². The molecule has 1 unspecified atom stereocenters. The molecule has 0 aromatic heterocycles. The number of anilines is 1. The number of hydrogen-bond acceptors (Lipinski definition) is 5. The Kier molecular flexibility index (Phi) is 10.0. The summed E-state index contributed by atoms with van der Waals surface area (Å²) in [5.74, 6) is -0.769. The summed E-state index contributed by atoms with van der Waals surface area (Å²) in [5, 5.41) is 3.25. The van der Waals surface area contributed by atoms with Crippen molar-refractivity contribution in [2.24, 2.45) is 0 Å². The van der Waals surface area contributed by atoms with Gasteiger partial charge in [-0.05, 0) is 29.8 Å². The van der Waals surface area contributed by atoms with Crippen LogP contribution in [0, 0.1) is 0 Å². The quantitative estimate of drug-likeness (QED) is 0.369. The number of ether oxygens (including phenoxy) is 1. The van der Waals surface area contributed by atoms with E-state index in [4.69, 9.17) is 27.9 Å². The van der Waals surface area contributed by atoms with Crippen LogP contribution in [0.15, 0.2) is 72.8 Å². The Hall–Kier alpha value is -3.27. The lowest BCUT2D eigenvalue weighted by Crippen LogP contribution is -2.53. The summed E-state index contributed by atoms with van der Waals surface area (Å²) in [4.78, 5) is 28.4. The highest BCUT2D eigenvalue weighted by Crippen LogP contribution is 2.31. The largest absolute Gasteiger partial charge is 0.495 e. The van der Waals surface area contributed by atoms with Crippen LogP contribution >= 0.6 is 23.2 Å². The number of nitrogens with one attached hydrogen (secondary N) is 1. The zero-order chi connectivity index (χ0) is 27.9. The molecular weight excluding hydrogens is 549 g/mol. The Bertz CT molecular complexity index is 1370. The fraction of sp³-hybridized carbons (Fsp3) is 0.259. The van der Waals surface area contributed by atoms with E-state index >= 15 is 0 Å². The van der Waals surface area contributed by atoms with Crippen LogP contribution in [0.4, 0.5) is 5.69 Å². The monoisotopic (exact) mass is 577 g/mol. The van der Waals surface area contributed by atoms with Crippen molar-refractivity contribution in [2.45, 2.75) is 19.0 Å². The van der Waals surface area contributed by atoms with Crippen molar-refractivity contribution in [1.82, 2.24) is 10.2 Å². The van der Waals surface area contributed by atoms with E-state index in [0.717, 1.165) is 16.1 Å². The Morgan fingerprint density at radius 3 is 2.13 bits per heavy atom. The zero-order valence-corrected chi connectivity index (χ0v) is 23.6. The molecule has 3 rings (SSSR count). The highest BCUT2D eigenvalue weighted by atomic mass is 35.5. The molecule has 0 spiro atoms. The molecule has 1 atom stereocenters. The van der Waals surface area contributed by atoms with Crippen LogP contribution in [0.5, 0.6) is 5.75 Å². The highest BCUT2D eigenvalue weighted by molar-refractivity contribution is 7.92. The van der Waals surface area contributed by atoms with Gasteiger partial charge in [0.2, 0.25) is 21.8 Å². The predicted molar refractivity (Wildman–Crippen MR) is 150 cm³/mol. The molecule has 202 valence electrons. The van der Waals surface area contributed by atoms with E-state index in [9.17, 15) is 18.0 Å². The van der Waals surface area contributed by atoms with E-state index < -0.39 is 34.4 Å². The van der Waals surface area contributed by atoms with E-state index in [1.807, 2.05) is 30.3 Å². The topological polar surface area (TPSA) is 96.0 Å². The minimum Gasteiger partial charge on any atom is -0.495 e. The van der Waals surface area contributed by atoms with Crippen LogP contribution in [-0.2, 0) is 32.6 Å². The van der Waals surface area contributed by atoms with E-state index in [1.165, 1.54) is 19.1 Å². The number of rotatable bonds is 11.